The lowest BCUT2D eigenvalue weighted by molar-refractivity contribution is 0.0660. The molecule has 0 unspecified atom stereocenters. The number of hydrogen-bond donors (Lipinski definition) is 0. The Bertz CT molecular complexity index is 853. The van der Waals surface area contributed by atoms with Gasteiger partial charge in [-0.25, -0.2) is 0 Å². The zero-order valence-corrected chi connectivity index (χ0v) is 19.7. The smallest absolute Gasteiger partial charge is 0.259 e. The van der Waals surface area contributed by atoms with E-state index in [1.54, 1.807) is 7.11 Å². The van der Waals surface area contributed by atoms with E-state index in [0.29, 0.717) is 29.6 Å². The Morgan fingerprint density at radius 3 is 2.65 bits per heavy atom. The number of hydrogen-bond acceptors (Lipinski definition) is 5. The summed E-state index contributed by atoms with van der Waals surface area (Å²) in [7, 11) is 1.73. The van der Waals surface area contributed by atoms with E-state index in [-0.39, 0.29) is 5.91 Å². The topological polar surface area (TPSA) is 58.8 Å². The number of carbonyl (C=O) groups excluding carboxylic acids is 1. The first-order valence-electron chi connectivity index (χ1n) is 11.5. The van der Waals surface area contributed by atoms with E-state index in [1.807, 2.05) is 30.9 Å². The molecular weight excluding hydrogens is 390 g/mol. The van der Waals surface area contributed by atoms with E-state index in [9.17, 15) is 4.79 Å². The summed E-state index contributed by atoms with van der Waals surface area (Å²) in [4.78, 5) is 17.9. The minimum absolute atomic E-state index is 0.0701. The van der Waals surface area contributed by atoms with Gasteiger partial charge in [0.2, 0.25) is 0 Å². The predicted octanol–water partition coefficient (Wildman–Crippen LogP) is 4.56. The van der Waals surface area contributed by atoms with Gasteiger partial charge in [0.15, 0.2) is 0 Å². The van der Waals surface area contributed by atoms with E-state index < -0.39 is 0 Å². The van der Waals surface area contributed by atoms with Crippen LogP contribution in [-0.2, 0) is 13.0 Å². The van der Waals surface area contributed by atoms with Crippen molar-refractivity contribution in [1.29, 1.82) is 0 Å². The molecule has 31 heavy (non-hydrogen) atoms. The van der Waals surface area contributed by atoms with Crippen molar-refractivity contribution in [3.05, 3.63) is 46.8 Å². The molecule has 0 bridgehead atoms. The molecular formula is C25H37N3O3. The first-order chi connectivity index (χ1) is 14.9. The molecule has 6 nitrogen and oxygen atoms in total. The molecule has 6 heteroatoms. The maximum absolute atomic E-state index is 13.4. The van der Waals surface area contributed by atoms with E-state index in [0.717, 1.165) is 57.0 Å². The first-order valence-corrected chi connectivity index (χ1v) is 11.5. The molecule has 0 aliphatic carbocycles. The third kappa shape index (κ3) is 5.88. The Hall–Kier alpha value is -2.34. The lowest BCUT2D eigenvalue weighted by Gasteiger charge is -2.35. The van der Waals surface area contributed by atoms with Gasteiger partial charge in [0, 0.05) is 25.2 Å². The molecule has 1 amide bonds. The fourth-order valence-electron chi connectivity index (χ4n) is 4.49. The third-order valence-electron chi connectivity index (χ3n) is 6.13. The summed E-state index contributed by atoms with van der Waals surface area (Å²) in [6.45, 7) is 12.7. The van der Waals surface area contributed by atoms with Crippen LogP contribution in [0.3, 0.4) is 0 Å². The summed E-state index contributed by atoms with van der Waals surface area (Å²) < 4.78 is 10.8. The number of likely N-dealkylation sites (tertiary alicyclic amines) is 1. The van der Waals surface area contributed by atoms with Gasteiger partial charge in [0.05, 0.1) is 12.8 Å². The van der Waals surface area contributed by atoms with Crippen LogP contribution in [0.1, 0.15) is 61.0 Å². The molecule has 1 saturated heterocycles. The average molecular weight is 428 g/mol. The Labute approximate surface area is 186 Å². The van der Waals surface area contributed by atoms with Crippen molar-refractivity contribution in [3.63, 3.8) is 0 Å². The molecule has 1 aliphatic heterocycles. The van der Waals surface area contributed by atoms with Gasteiger partial charge < -0.3 is 14.2 Å². The zero-order chi connectivity index (χ0) is 22.4. The number of piperidine rings is 1. The van der Waals surface area contributed by atoms with Crippen LogP contribution in [0.5, 0.6) is 5.75 Å². The number of aryl methyl sites for hydroxylation is 2. The summed E-state index contributed by atoms with van der Waals surface area (Å²) >= 11 is 0. The second kappa shape index (κ2) is 10.8. The monoisotopic (exact) mass is 427 g/mol. The van der Waals surface area contributed by atoms with Crippen LogP contribution in [-0.4, -0.2) is 54.2 Å². The quantitative estimate of drug-likeness (QED) is 0.587. The molecule has 3 rings (SSSR count). The molecule has 0 saturated carbocycles. The number of amides is 1. The van der Waals surface area contributed by atoms with Crippen LogP contribution < -0.4 is 4.74 Å². The maximum atomic E-state index is 13.4. The summed E-state index contributed by atoms with van der Waals surface area (Å²) in [5, 5.41) is 4.09. The SMILES string of the molecule is CCc1noc(C)c1C(=O)N(CC(C)C)CC1CCN(Cc2ccccc2OC)CC1. The minimum Gasteiger partial charge on any atom is -0.496 e. The van der Waals surface area contributed by atoms with Crippen molar-refractivity contribution in [2.24, 2.45) is 11.8 Å². The number of rotatable bonds is 9. The lowest BCUT2D eigenvalue weighted by atomic mass is 9.95. The van der Waals surface area contributed by atoms with E-state index in [4.69, 9.17) is 9.26 Å². The van der Waals surface area contributed by atoms with Crippen molar-refractivity contribution in [3.8, 4) is 5.75 Å². The van der Waals surface area contributed by atoms with Crippen LogP contribution in [0.15, 0.2) is 28.8 Å². The van der Waals surface area contributed by atoms with Gasteiger partial charge in [-0.3, -0.25) is 9.69 Å². The van der Waals surface area contributed by atoms with E-state index in [1.165, 1.54) is 5.56 Å². The number of benzene rings is 1. The molecule has 1 fully saturated rings. The molecule has 0 N–H and O–H groups in total. The van der Waals surface area contributed by atoms with Gasteiger partial charge in [-0.1, -0.05) is 44.1 Å². The Kier molecular flexibility index (Phi) is 8.13. The fraction of sp³-hybridized carbons (Fsp3) is 0.600. The van der Waals surface area contributed by atoms with Gasteiger partial charge in [0.25, 0.3) is 5.91 Å². The lowest BCUT2D eigenvalue weighted by Crippen LogP contribution is -2.42. The maximum Gasteiger partial charge on any atom is 0.259 e. The van der Waals surface area contributed by atoms with Crippen LogP contribution in [0, 0.1) is 18.8 Å². The van der Waals surface area contributed by atoms with Crippen molar-refractivity contribution in [2.75, 3.05) is 33.3 Å². The molecule has 0 radical (unpaired) electrons. The number of methoxy groups -OCH3 is 1. The van der Waals surface area contributed by atoms with Gasteiger partial charge in [-0.15, -0.1) is 0 Å². The highest BCUT2D eigenvalue weighted by Crippen LogP contribution is 2.25. The fourth-order valence-corrected chi connectivity index (χ4v) is 4.49. The van der Waals surface area contributed by atoms with Gasteiger partial charge in [-0.05, 0) is 57.2 Å². The second-order valence-corrected chi connectivity index (χ2v) is 9.05. The normalized spacial score (nSPS) is 15.4. The largest absolute Gasteiger partial charge is 0.496 e. The van der Waals surface area contributed by atoms with Gasteiger partial charge in [-0.2, -0.15) is 0 Å². The highest BCUT2D eigenvalue weighted by atomic mass is 16.5. The molecule has 2 heterocycles. The standard InChI is InChI=1S/C25H37N3O3/c1-6-22-24(19(4)31-26-22)25(29)28(15-18(2)3)16-20-11-13-27(14-12-20)17-21-9-7-8-10-23(21)30-5/h7-10,18,20H,6,11-17H2,1-5H3. The third-order valence-corrected chi connectivity index (χ3v) is 6.13. The minimum atomic E-state index is 0.0701. The first kappa shape index (κ1) is 23.3. The zero-order valence-electron chi connectivity index (χ0n) is 19.7. The Morgan fingerprint density at radius 1 is 1.29 bits per heavy atom. The number of aromatic nitrogens is 1. The van der Waals surface area contributed by atoms with E-state index in [2.05, 4.69) is 36.0 Å². The molecule has 170 valence electrons. The molecule has 1 aliphatic rings. The van der Waals surface area contributed by atoms with Crippen LogP contribution >= 0.6 is 0 Å². The van der Waals surface area contributed by atoms with Crippen LogP contribution in [0.2, 0.25) is 0 Å². The van der Waals surface area contributed by atoms with Crippen molar-refractivity contribution < 1.29 is 14.1 Å². The van der Waals surface area contributed by atoms with Gasteiger partial charge >= 0.3 is 0 Å². The van der Waals surface area contributed by atoms with Gasteiger partial charge in [0.1, 0.15) is 17.1 Å². The van der Waals surface area contributed by atoms with Crippen LogP contribution in [0.25, 0.3) is 0 Å². The van der Waals surface area contributed by atoms with Crippen LogP contribution in [0.4, 0.5) is 0 Å². The molecule has 0 atom stereocenters. The summed E-state index contributed by atoms with van der Waals surface area (Å²) in [5.41, 5.74) is 2.66. The van der Waals surface area contributed by atoms with Crippen molar-refractivity contribution in [2.45, 2.75) is 53.5 Å². The second-order valence-electron chi connectivity index (χ2n) is 9.05. The Balaban J connectivity index is 1.62. The van der Waals surface area contributed by atoms with Crippen molar-refractivity contribution in [1.82, 2.24) is 15.0 Å². The summed E-state index contributed by atoms with van der Waals surface area (Å²) in [6, 6.07) is 8.24. The predicted molar refractivity (Wildman–Crippen MR) is 122 cm³/mol. The number of para-hydroxylation sites is 1. The molecule has 0 spiro atoms. The molecule has 1 aromatic carbocycles. The Morgan fingerprint density at radius 2 is 2.00 bits per heavy atom. The average Bonchev–Trinajstić information content (AvgIpc) is 3.14. The summed E-state index contributed by atoms with van der Waals surface area (Å²) in [5.74, 6) is 2.58. The summed E-state index contributed by atoms with van der Waals surface area (Å²) in [6.07, 6.45) is 2.90. The highest BCUT2D eigenvalue weighted by molar-refractivity contribution is 5.96. The number of ether oxygens (including phenoxy) is 1. The van der Waals surface area contributed by atoms with Crippen molar-refractivity contribution >= 4 is 5.91 Å². The highest BCUT2D eigenvalue weighted by Gasteiger charge is 2.28. The number of nitrogens with zero attached hydrogens (tertiary/aromatic N) is 3. The van der Waals surface area contributed by atoms with E-state index >= 15 is 0 Å². The number of carbonyl (C=O) groups is 1. The molecule has 1 aromatic heterocycles. The molecule has 2 aromatic rings.